The first-order valence-electron chi connectivity index (χ1n) is 9.59. The molecule has 2 saturated heterocycles. The van der Waals surface area contributed by atoms with Crippen LogP contribution < -0.4 is 5.32 Å². The third-order valence-corrected chi connectivity index (χ3v) is 6.68. The fourth-order valence-electron chi connectivity index (χ4n) is 4.20. The first kappa shape index (κ1) is 18.7. The Morgan fingerprint density at radius 3 is 2.68 bits per heavy atom. The number of carbonyl (C=O) groups excluding carboxylic acids is 3. The molecule has 2 atom stereocenters. The average Bonchev–Trinajstić information content (AvgIpc) is 3.44. The number of urea groups is 1. The van der Waals surface area contributed by atoms with Gasteiger partial charge >= 0.3 is 6.03 Å². The molecule has 6 nitrogen and oxygen atoms in total. The van der Waals surface area contributed by atoms with Crippen molar-refractivity contribution in [3.05, 3.63) is 58.3 Å². The van der Waals surface area contributed by atoms with E-state index in [1.807, 2.05) is 54.8 Å². The van der Waals surface area contributed by atoms with Gasteiger partial charge in [-0.15, -0.1) is 11.3 Å². The summed E-state index contributed by atoms with van der Waals surface area (Å²) in [6, 6.07) is 12.8. The summed E-state index contributed by atoms with van der Waals surface area (Å²) in [5.41, 5.74) is -0.361. The van der Waals surface area contributed by atoms with Crippen LogP contribution in [0.2, 0.25) is 0 Å². The summed E-state index contributed by atoms with van der Waals surface area (Å²) >= 11 is 1.63. The van der Waals surface area contributed by atoms with Gasteiger partial charge in [0.2, 0.25) is 5.91 Å². The molecule has 3 heterocycles. The van der Waals surface area contributed by atoms with Crippen LogP contribution in [0.1, 0.15) is 42.7 Å². The van der Waals surface area contributed by atoms with Gasteiger partial charge in [0.1, 0.15) is 12.1 Å². The number of nitrogens with one attached hydrogen (secondary N) is 1. The van der Waals surface area contributed by atoms with Crippen molar-refractivity contribution in [2.24, 2.45) is 0 Å². The summed E-state index contributed by atoms with van der Waals surface area (Å²) < 4.78 is 0. The molecule has 0 unspecified atom stereocenters. The first-order chi connectivity index (χ1) is 13.6. The topological polar surface area (TPSA) is 69.7 Å². The zero-order valence-corrected chi connectivity index (χ0v) is 16.6. The smallest absolute Gasteiger partial charge is 0.325 e. The molecular weight excluding hydrogens is 374 g/mol. The van der Waals surface area contributed by atoms with E-state index in [1.165, 1.54) is 0 Å². The summed E-state index contributed by atoms with van der Waals surface area (Å²) in [5, 5.41) is 4.84. The number of benzene rings is 1. The Morgan fingerprint density at radius 2 is 2.00 bits per heavy atom. The van der Waals surface area contributed by atoms with E-state index in [9.17, 15) is 14.4 Å². The Labute approximate surface area is 168 Å². The fraction of sp³-hybridized carbons (Fsp3) is 0.381. The lowest BCUT2D eigenvalue weighted by atomic mass is 9.87. The van der Waals surface area contributed by atoms with Crippen molar-refractivity contribution in [3.63, 3.8) is 0 Å². The zero-order valence-electron chi connectivity index (χ0n) is 15.8. The number of hydrogen-bond acceptors (Lipinski definition) is 4. The molecular formula is C21H23N3O3S. The Hall–Kier alpha value is -2.67. The minimum Gasteiger partial charge on any atom is -0.333 e. The van der Waals surface area contributed by atoms with Gasteiger partial charge in [0.25, 0.3) is 5.91 Å². The largest absolute Gasteiger partial charge is 0.333 e. The number of hydrogen-bond donors (Lipinski definition) is 1. The van der Waals surface area contributed by atoms with Crippen molar-refractivity contribution >= 4 is 29.2 Å². The summed E-state index contributed by atoms with van der Waals surface area (Å²) in [4.78, 5) is 42.8. The van der Waals surface area contributed by atoms with Crippen molar-refractivity contribution in [2.45, 2.75) is 37.8 Å². The highest BCUT2D eigenvalue weighted by Gasteiger charge is 2.52. The molecule has 0 spiro atoms. The highest BCUT2D eigenvalue weighted by Crippen LogP contribution is 2.36. The van der Waals surface area contributed by atoms with Gasteiger partial charge < -0.3 is 10.2 Å². The van der Waals surface area contributed by atoms with E-state index < -0.39 is 11.6 Å². The van der Waals surface area contributed by atoms with E-state index in [4.69, 9.17) is 0 Å². The molecule has 28 heavy (non-hydrogen) atoms. The summed E-state index contributed by atoms with van der Waals surface area (Å²) in [7, 11) is 0. The number of likely N-dealkylation sites (tertiary alicyclic amines) is 1. The Morgan fingerprint density at radius 1 is 1.21 bits per heavy atom. The van der Waals surface area contributed by atoms with Crippen LogP contribution in [0.15, 0.2) is 47.8 Å². The molecule has 2 fully saturated rings. The lowest BCUT2D eigenvalue weighted by molar-refractivity contribution is -0.139. The molecule has 146 valence electrons. The Bertz CT molecular complexity index is 884. The standard InChI is InChI=1S/C21H23N3O3S/c1-2-21(15-8-4-3-5-9-15)19(26)24(20(27)22-21)14-18(25)23-12-6-10-16(23)17-11-7-13-28-17/h3-5,7-9,11,13,16H,2,6,10,12,14H2,1H3,(H,22,27)/t16-,21-/m0/s1. The van der Waals surface area contributed by atoms with Gasteiger partial charge in [-0.1, -0.05) is 43.3 Å². The molecule has 1 N–H and O–H groups in total. The van der Waals surface area contributed by atoms with Crippen LogP contribution in [0.5, 0.6) is 0 Å². The SMILES string of the molecule is CC[C@@]1(c2ccccc2)NC(=O)N(CC(=O)N2CCC[C@H]2c2cccs2)C1=O. The second kappa shape index (κ2) is 7.39. The third-order valence-electron chi connectivity index (χ3n) is 5.71. The van der Waals surface area contributed by atoms with E-state index >= 15 is 0 Å². The molecule has 2 aliphatic heterocycles. The predicted octanol–water partition coefficient (Wildman–Crippen LogP) is 3.27. The van der Waals surface area contributed by atoms with Gasteiger partial charge in [0, 0.05) is 11.4 Å². The van der Waals surface area contributed by atoms with Crippen LogP contribution in [0, 0.1) is 0 Å². The van der Waals surface area contributed by atoms with E-state index in [2.05, 4.69) is 5.32 Å². The van der Waals surface area contributed by atoms with Gasteiger partial charge in [-0.3, -0.25) is 14.5 Å². The quantitative estimate of drug-likeness (QED) is 0.788. The zero-order chi connectivity index (χ0) is 19.7. The van der Waals surface area contributed by atoms with Crippen molar-refractivity contribution < 1.29 is 14.4 Å². The average molecular weight is 398 g/mol. The monoisotopic (exact) mass is 397 g/mol. The van der Waals surface area contributed by atoms with Crippen LogP contribution in [0.4, 0.5) is 4.79 Å². The summed E-state index contributed by atoms with van der Waals surface area (Å²) in [5.74, 6) is -0.536. The normalized spacial score (nSPS) is 24.7. The second-order valence-electron chi connectivity index (χ2n) is 7.21. The number of nitrogens with zero attached hydrogens (tertiary/aromatic N) is 2. The number of carbonyl (C=O) groups is 3. The van der Waals surface area contributed by atoms with Crippen LogP contribution in [0.3, 0.4) is 0 Å². The van der Waals surface area contributed by atoms with Gasteiger partial charge in [-0.2, -0.15) is 0 Å². The molecule has 4 rings (SSSR count). The van der Waals surface area contributed by atoms with Gasteiger partial charge in [-0.25, -0.2) is 4.79 Å². The predicted molar refractivity (Wildman–Crippen MR) is 107 cm³/mol. The lowest BCUT2D eigenvalue weighted by Gasteiger charge is -2.27. The summed E-state index contributed by atoms with van der Waals surface area (Å²) in [6.07, 6.45) is 2.26. The van der Waals surface area contributed by atoms with Crippen molar-refractivity contribution in [1.29, 1.82) is 0 Å². The van der Waals surface area contributed by atoms with E-state index in [0.29, 0.717) is 13.0 Å². The number of imide groups is 1. The molecule has 2 aromatic rings. The molecule has 4 amide bonds. The van der Waals surface area contributed by atoms with Crippen molar-refractivity contribution in [2.75, 3.05) is 13.1 Å². The highest BCUT2D eigenvalue weighted by atomic mass is 32.1. The molecule has 0 aliphatic carbocycles. The Kier molecular flexibility index (Phi) is 4.93. The molecule has 2 aliphatic rings. The molecule has 7 heteroatoms. The third kappa shape index (κ3) is 2.99. The number of rotatable bonds is 5. The molecule has 0 saturated carbocycles. The van der Waals surface area contributed by atoms with Gasteiger partial charge in [0.15, 0.2) is 0 Å². The summed E-state index contributed by atoms with van der Waals surface area (Å²) in [6.45, 7) is 2.30. The van der Waals surface area contributed by atoms with Crippen LogP contribution >= 0.6 is 11.3 Å². The van der Waals surface area contributed by atoms with Gasteiger partial charge in [-0.05, 0) is 36.3 Å². The maximum Gasteiger partial charge on any atom is 0.325 e. The molecule has 1 aromatic carbocycles. The minimum atomic E-state index is -1.10. The van der Waals surface area contributed by atoms with E-state index in [-0.39, 0.29) is 24.4 Å². The van der Waals surface area contributed by atoms with Crippen molar-refractivity contribution in [1.82, 2.24) is 15.1 Å². The van der Waals surface area contributed by atoms with E-state index in [0.717, 1.165) is 28.2 Å². The lowest BCUT2D eigenvalue weighted by Crippen LogP contribution is -2.45. The maximum atomic E-state index is 13.2. The maximum absolute atomic E-state index is 13.2. The van der Waals surface area contributed by atoms with Crippen molar-refractivity contribution in [3.8, 4) is 0 Å². The van der Waals surface area contributed by atoms with E-state index in [1.54, 1.807) is 16.2 Å². The Balaban J connectivity index is 1.54. The fourth-order valence-corrected chi connectivity index (χ4v) is 5.07. The number of thiophene rings is 1. The molecule has 0 bridgehead atoms. The molecule has 0 radical (unpaired) electrons. The van der Waals surface area contributed by atoms with Crippen LogP contribution in [-0.2, 0) is 15.1 Å². The minimum absolute atomic E-state index is 0.0401. The van der Waals surface area contributed by atoms with Crippen LogP contribution in [0.25, 0.3) is 0 Å². The number of amides is 4. The van der Waals surface area contributed by atoms with Crippen LogP contribution in [-0.4, -0.2) is 40.7 Å². The first-order valence-corrected chi connectivity index (χ1v) is 10.5. The van der Waals surface area contributed by atoms with Gasteiger partial charge in [0.05, 0.1) is 6.04 Å². The highest BCUT2D eigenvalue weighted by molar-refractivity contribution is 7.10. The second-order valence-corrected chi connectivity index (χ2v) is 8.19. The molecule has 1 aromatic heterocycles.